The Bertz CT molecular complexity index is 299. The first-order chi connectivity index (χ1) is 7.76. The highest BCUT2D eigenvalue weighted by molar-refractivity contribution is 5.28. The van der Waals surface area contributed by atoms with Crippen LogP contribution in [0.2, 0.25) is 0 Å². The molecule has 2 N–H and O–H groups in total. The molecule has 1 rings (SSSR count). The highest BCUT2D eigenvalue weighted by Crippen LogP contribution is 2.14. The predicted octanol–water partition coefficient (Wildman–Crippen LogP) is 3.15. The van der Waals surface area contributed by atoms with Crippen LogP contribution >= 0.6 is 0 Å². The molecule has 1 aromatic carbocycles. The molecular formula is C14H23NO. The number of ether oxygens (including phenoxy) is 1. The summed E-state index contributed by atoms with van der Waals surface area (Å²) in [6, 6.07) is 8.62. The molecule has 0 saturated heterocycles. The van der Waals surface area contributed by atoms with Crippen LogP contribution < -0.4 is 10.5 Å². The Labute approximate surface area is 98.8 Å². The lowest BCUT2D eigenvalue weighted by Gasteiger charge is -2.10. The Morgan fingerprint density at radius 2 is 2.12 bits per heavy atom. The van der Waals surface area contributed by atoms with Crippen molar-refractivity contribution < 1.29 is 4.74 Å². The van der Waals surface area contributed by atoms with Crippen LogP contribution in [0.4, 0.5) is 0 Å². The van der Waals surface area contributed by atoms with Gasteiger partial charge in [0.05, 0.1) is 6.61 Å². The second kappa shape index (κ2) is 7.29. The molecule has 1 atom stereocenters. The van der Waals surface area contributed by atoms with Gasteiger partial charge in [-0.25, -0.2) is 0 Å². The van der Waals surface area contributed by atoms with Crippen LogP contribution in [-0.4, -0.2) is 12.6 Å². The maximum absolute atomic E-state index is 5.84. The largest absolute Gasteiger partial charge is 0.494 e. The zero-order valence-corrected chi connectivity index (χ0v) is 10.4. The maximum atomic E-state index is 5.84. The van der Waals surface area contributed by atoms with Gasteiger partial charge in [-0.15, -0.1) is 0 Å². The minimum atomic E-state index is 0.325. The van der Waals surface area contributed by atoms with Gasteiger partial charge in [0, 0.05) is 6.04 Å². The molecule has 0 fully saturated rings. The van der Waals surface area contributed by atoms with Gasteiger partial charge in [-0.3, -0.25) is 0 Å². The van der Waals surface area contributed by atoms with E-state index in [1.807, 2.05) is 12.1 Å². The summed E-state index contributed by atoms with van der Waals surface area (Å²) in [6.45, 7) is 5.04. The SMILES string of the molecule is CCc1cccc(OCCCC(N)CC)c1. The summed E-state index contributed by atoms with van der Waals surface area (Å²) in [4.78, 5) is 0. The summed E-state index contributed by atoms with van der Waals surface area (Å²) in [5, 5.41) is 0. The van der Waals surface area contributed by atoms with Crippen LogP contribution in [0.1, 0.15) is 38.7 Å². The highest BCUT2D eigenvalue weighted by atomic mass is 16.5. The molecule has 0 spiro atoms. The molecule has 0 bridgehead atoms. The molecule has 2 nitrogen and oxygen atoms in total. The fraction of sp³-hybridized carbons (Fsp3) is 0.571. The Hall–Kier alpha value is -1.02. The first-order valence-electron chi connectivity index (χ1n) is 6.23. The average Bonchev–Trinajstić information content (AvgIpc) is 2.34. The monoisotopic (exact) mass is 221 g/mol. The zero-order chi connectivity index (χ0) is 11.8. The molecule has 1 unspecified atom stereocenters. The third kappa shape index (κ3) is 4.67. The van der Waals surface area contributed by atoms with Crippen molar-refractivity contribution in [2.24, 2.45) is 5.73 Å². The number of aryl methyl sites for hydroxylation is 1. The molecular weight excluding hydrogens is 198 g/mol. The normalized spacial score (nSPS) is 12.4. The van der Waals surface area contributed by atoms with Gasteiger partial charge in [-0.05, 0) is 43.4 Å². The summed E-state index contributed by atoms with van der Waals surface area (Å²) < 4.78 is 5.69. The van der Waals surface area contributed by atoms with Crippen molar-refractivity contribution in [1.82, 2.24) is 0 Å². The van der Waals surface area contributed by atoms with Gasteiger partial charge in [0.25, 0.3) is 0 Å². The molecule has 2 heteroatoms. The molecule has 0 amide bonds. The lowest BCUT2D eigenvalue weighted by atomic mass is 10.1. The van der Waals surface area contributed by atoms with Crippen molar-refractivity contribution in [3.63, 3.8) is 0 Å². The fourth-order valence-electron chi connectivity index (χ4n) is 1.59. The van der Waals surface area contributed by atoms with Gasteiger partial charge < -0.3 is 10.5 Å². The lowest BCUT2D eigenvalue weighted by molar-refractivity contribution is 0.300. The van der Waals surface area contributed by atoms with Gasteiger partial charge in [0.15, 0.2) is 0 Å². The van der Waals surface area contributed by atoms with E-state index < -0.39 is 0 Å². The second-order valence-corrected chi connectivity index (χ2v) is 4.16. The smallest absolute Gasteiger partial charge is 0.119 e. The van der Waals surface area contributed by atoms with Gasteiger partial charge in [-0.2, -0.15) is 0 Å². The number of nitrogens with two attached hydrogens (primary N) is 1. The van der Waals surface area contributed by atoms with Gasteiger partial charge in [-0.1, -0.05) is 26.0 Å². The van der Waals surface area contributed by atoms with E-state index >= 15 is 0 Å². The van der Waals surface area contributed by atoms with Crippen molar-refractivity contribution in [2.45, 2.75) is 45.6 Å². The van der Waals surface area contributed by atoms with E-state index in [-0.39, 0.29) is 0 Å². The Balaban J connectivity index is 2.26. The van der Waals surface area contributed by atoms with Crippen LogP contribution in [0.25, 0.3) is 0 Å². The molecule has 0 aliphatic carbocycles. The van der Waals surface area contributed by atoms with E-state index in [2.05, 4.69) is 26.0 Å². The molecule has 0 aliphatic heterocycles. The van der Waals surface area contributed by atoms with E-state index in [0.29, 0.717) is 6.04 Å². The van der Waals surface area contributed by atoms with E-state index in [4.69, 9.17) is 10.5 Å². The molecule has 0 radical (unpaired) electrons. The quantitative estimate of drug-likeness (QED) is 0.718. The lowest BCUT2D eigenvalue weighted by Crippen LogP contribution is -2.19. The first-order valence-corrected chi connectivity index (χ1v) is 6.23. The number of rotatable bonds is 7. The van der Waals surface area contributed by atoms with Crippen LogP contribution in [0.15, 0.2) is 24.3 Å². The zero-order valence-electron chi connectivity index (χ0n) is 10.4. The molecule has 90 valence electrons. The van der Waals surface area contributed by atoms with Crippen LogP contribution in [-0.2, 0) is 6.42 Å². The number of hydrogen-bond donors (Lipinski definition) is 1. The van der Waals surface area contributed by atoms with Crippen LogP contribution in [0.5, 0.6) is 5.75 Å². The Kier molecular flexibility index (Phi) is 5.94. The molecule has 0 aromatic heterocycles. The van der Waals surface area contributed by atoms with Crippen LogP contribution in [0, 0.1) is 0 Å². The molecule has 0 aliphatic rings. The van der Waals surface area contributed by atoms with Gasteiger partial charge in [0.2, 0.25) is 0 Å². The van der Waals surface area contributed by atoms with E-state index in [1.165, 1.54) is 5.56 Å². The van der Waals surface area contributed by atoms with Crippen molar-refractivity contribution in [3.8, 4) is 5.75 Å². The minimum Gasteiger partial charge on any atom is -0.494 e. The van der Waals surface area contributed by atoms with Crippen LogP contribution in [0.3, 0.4) is 0 Å². The molecule has 0 saturated carbocycles. The first kappa shape index (κ1) is 13.0. The third-order valence-corrected chi connectivity index (χ3v) is 2.82. The summed E-state index contributed by atoms with van der Waals surface area (Å²) in [7, 11) is 0. The highest BCUT2D eigenvalue weighted by Gasteiger charge is 1.99. The van der Waals surface area contributed by atoms with Gasteiger partial charge >= 0.3 is 0 Å². The Morgan fingerprint density at radius 1 is 1.31 bits per heavy atom. The standard InChI is InChI=1S/C14H23NO/c1-3-12-7-5-9-14(11-12)16-10-6-8-13(15)4-2/h5,7,9,11,13H,3-4,6,8,10,15H2,1-2H3. The van der Waals surface area contributed by atoms with E-state index in [0.717, 1.165) is 38.0 Å². The average molecular weight is 221 g/mol. The molecule has 1 aromatic rings. The second-order valence-electron chi connectivity index (χ2n) is 4.16. The molecule has 0 heterocycles. The number of hydrogen-bond acceptors (Lipinski definition) is 2. The van der Waals surface area contributed by atoms with Crippen molar-refractivity contribution in [1.29, 1.82) is 0 Å². The Morgan fingerprint density at radius 3 is 2.81 bits per heavy atom. The third-order valence-electron chi connectivity index (χ3n) is 2.82. The van der Waals surface area contributed by atoms with E-state index in [9.17, 15) is 0 Å². The molecule has 16 heavy (non-hydrogen) atoms. The summed E-state index contributed by atoms with van der Waals surface area (Å²) >= 11 is 0. The summed E-state index contributed by atoms with van der Waals surface area (Å²) in [6.07, 6.45) is 4.18. The summed E-state index contributed by atoms with van der Waals surface area (Å²) in [5.41, 5.74) is 7.16. The predicted molar refractivity (Wildman–Crippen MR) is 68.8 cm³/mol. The van der Waals surface area contributed by atoms with Gasteiger partial charge in [0.1, 0.15) is 5.75 Å². The fourth-order valence-corrected chi connectivity index (χ4v) is 1.59. The van der Waals surface area contributed by atoms with Crippen molar-refractivity contribution >= 4 is 0 Å². The van der Waals surface area contributed by atoms with E-state index in [1.54, 1.807) is 0 Å². The van der Waals surface area contributed by atoms with Crippen molar-refractivity contribution in [3.05, 3.63) is 29.8 Å². The maximum Gasteiger partial charge on any atom is 0.119 e. The summed E-state index contributed by atoms with van der Waals surface area (Å²) in [5.74, 6) is 0.976. The number of benzene rings is 1. The van der Waals surface area contributed by atoms with Crippen molar-refractivity contribution in [2.75, 3.05) is 6.61 Å². The topological polar surface area (TPSA) is 35.2 Å². The minimum absolute atomic E-state index is 0.325.